The first-order valence-corrected chi connectivity index (χ1v) is 9.17. The van der Waals surface area contributed by atoms with Crippen LogP contribution in [0.15, 0.2) is 42.5 Å². The third-order valence-corrected chi connectivity index (χ3v) is 5.06. The minimum atomic E-state index is -0.454. The number of hydrogen-bond acceptors (Lipinski definition) is 8. The quantitative estimate of drug-likeness (QED) is 0.436. The van der Waals surface area contributed by atoms with E-state index in [4.69, 9.17) is 9.47 Å². The Bertz CT molecular complexity index is 989. The Morgan fingerprint density at radius 3 is 2.64 bits per heavy atom. The number of nitro benzene ring substituents is 1. The van der Waals surface area contributed by atoms with E-state index in [0.717, 1.165) is 5.56 Å². The molecule has 2 N–H and O–H groups in total. The minimum absolute atomic E-state index is 0.0192. The Morgan fingerprint density at radius 1 is 1.18 bits per heavy atom. The van der Waals surface area contributed by atoms with Gasteiger partial charge in [0.05, 0.1) is 36.3 Å². The fourth-order valence-electron chi connectivity index (χ4n) is 2.70. The first-order valence-electron chi connectivity index (χ1n) is 8.36. The van der Waals surface area contributed by atoms with E-state index in [9.17, 15) is 15.2 Å². The molecule has 0 aliphatic carbocycles. The van der Waals surface area contributed by atoms with Gasteiger partial charge in [-0.05, 0) is 17.7 Å². The number of ether oxygens (including phenoxy) is 2. The van der Waals surface area contributed by atoms with Crippen molar-refractivity contribution in [1.29, 1.82) is 0 Å². The summed E-state index contributed by atoms with van der Waals surface area (Å²) in [6, 6.07) is 11.8. The molecule has 1 heterocycles. The van der Waals surface area contributed by atoms with Crippen molar-refractivity contribution < 1.29 is 19.5 Å². The van der Waals surface area contributed by atoms with E-state index in [1.165, 1.54) is 23.5 Å². The van der Waals surface area contributed by atoms with E-state index >= 15 is 0 Å². The van der Waals surface area contributed by atoms with Gasteiger partial charge in [-0.2, -0.15) is 0 Å². The number of rotatable bonds is 8. The molecule has 0 saturated heterocycles. The number of methoxy groups -OCH3 is 2. The van der Waals surface area contributed by atoms with E-state index in [2.05, 4.69) is 10.3 Å². The van der Waals surface area contributed by atoms with Crippen LogP contribution < -0.4 is 14.8 Å². The summed E-state index contributed by atoms with van der Waals surface area (Å²) >= 11 is 1.31. The van der Waals surface area contributed by atoms with Crippen molar-refractivity contribution in [2.24, 2.45) is 0 Å². The van der Waals surface area contributed by atoms with Crippen LogP contribution in [0, 0.1) is 10.1 Å². The van der Waals surface area contributed by atoms with Crippen LogP contribution in [-0.2, 0) is 13.2 Å². The number of nitrogens with zero attached hydrogens (tertiary/aromatic N) is 2. The molecule has 8 nitrogen and oxygen atoms in total. The number of non-ortho nitro benzene ring substituents is 1. The second kappa shape index (κ2) is 8.68. The third kappa shape index (κ3) is 4.21. The lowest BCUT2D eigenvalue weighted by molar-refractivity contribution is -0.384. The predicted molar refractivity (Wildman–Crippen MR) is 107 cm³/mol. The van der Waals surface area contributed by atoms with Crippen molar-refractivity contribution in [1.82, 2.24) is 4.98 Å². The van der Waals surface area contributed by atoms with E-state index in [1.54, 1.807) is 26.4 Å². The van der Waals surface area contributed by atoms with Crippen LogP contribution in [0.2, 0.25) is 0 Å². The number of hydrogen-bond donors (Lipinski definition) is 2. The summed E-state index contributed by atoms with van der Waals surface area (Å²) in [7, 11) is 3.16. The van der Waals surface area contributed by atoms with Crippen molar-refractivity contribution in [3.05, 3.63) is 63.0 Å². The van der Waals surface area contributed by atoms with Crippen molar-refractivity contribution in [3.63, 3.8) is 0 Å². The standard InChI is InChI=1S/C19H19N3O5S/c1-26-15-7-6-12(8-16(15)27-2)10-20-19-21-18(17(11-23)28-19)13-4-3-5-14(9-13)22(24)25/h3-9,23H,10-11H2,1-2H3,(H,20,21). The monoisotopic (exact) mass is 401 g/mol. The van der Waals surface area contributed by atoms with Gasteiger partial charge in [0.1, 0.15) is 0 Å². The normalized spacial score (nSPS) is 10.5. The largest absolute Gasteiger partial charge is 0.493 e. The minimum Gasteiger partial charge on any atom is -0.493 e. The van der Waals surface area contributed by atoms with Crippen LogP contribution in [0.5, 0.6) is 11.5 Å². The van der Waals surface area contributed by atoms with Gasteiger partial charge in [0.15, 0.2) is 16.6 Å². The summed E-state index contributed by atoms with van der Waals surface area (Å²) in [6.45, 7) is 0.293. The van der Waals surface area contributed by atoms with Gasteiger partial charge in [0.2, 0.25) is 0 Å². The maximum absolute atomic E-state index is 11.0. The topological polar surface area (TPSA) is 107 Å². The summed E-state index contributed by atoms with van der Waals surface area (Å²) in [5.74, 6) is 1.28. The molecule has 0 atom stereocenters. The average molecular weight is 401 g/mol. The summed E-state index contributed by atoms with van der Waals surface area (Å²) in [5, 5.41) is 24.5. The zero-order chi connectivity index (χ0) is 20.1. The predicted octanol–water partition coefficient (Wildman–Crippen LogP) is 3.84. The van der Waals surface area contributed by atoms with E-state index in [1.807, 2.05) is 18.2 Å². The van der Waals surface area contributed by atoms with Gasteiger partial charge < -0.3 is 19.9 Å². The maximum atomic E-state index is 11.0. The molecule has 2 aromatic carbocycles. The molecule has 28 heavy (non-hydrogen) atoms. The molecule has 0 unspecified atom stereocenters. The van der Waals surface area contributed by atoms with Crippen LogP contribution in [0.3, 0.4) is 0 Å². The number of anilines is 1. The Morgan fingerprint density at radius 2 is 1.96 bits per heavy atom. The molecule has 0 saturated carbocycles. The second-order valence-corrected chi connectivity index (χ2v) is 6.88. The summed E-state index contributed by atoms with van der Waals surface area (Å²) in [6.07, 6.45) is 0. The number of aromatic nitrogens is 1. The molecular formula is C19H19N3O5S. The number of aliphatic hydroxyl groups is 1. The van der Waals surface area contributed by atoms with Crippen molar-refractivity contribution in [2.75, 3.05) is 19.5 Å². The van der Waals surface area contributed by atoms with Crippen molar-refractivity contribution >= 4 is 22.2 Å². The number of nitrogens with one attached hydrogen (secondary N) is 1. The van der Waals surface area contributed by atoms with Gasteiger partial charge in [-0.15, -0.1) is 0 Å². The number of nitro groups is 1. The summed E-state index contributed by atoms with van der Waals surface area (Å²) in [5.41, 5.74) is 2.07. The molecule has 0 bridgehead atoms. The number of aliphatic hydroxyl groups excluding tert-OH is 1. The highest BCUT2D eigenvalue weighted by atomic mass is 32.1. The molecule has 9 heteroatoms. The van der Waals surface area contributed by atoms with Gasteiger partial charge >= 0.3 is 0 Å². The van der Waals surface area contributed by atoms with Crippen LogP contribution in [0.1, 0.15) is 10.4 Å². The number of benzene rings is 2. The van der Waals surface area contributed by atoms with Crippen LogP contribution in [0.4, 0.5) is 10.8 Å². The highest BCUT2D eigenvalue weighted by Gasteiger charge is 2.15. The molecule has 0 aliphatic heterocycles. The summed E-state index contributed by atoms with van der Waals surface area (Å²) < 4.78 is 10.5. The summed E-state index contributed by atoms with van der Waals surface area (Å²) in [4.78, 5) is 15.7. The van der Waals surface area contributed by atoms with Gasteiger partial charge in [-0.1, -0.05) is 29.5 Å². The molecular weight excluding hydrogens is 382 g/mol. The van der Waals surface area contributed by atoms with Crippen LogP contribution in [0.25, 0.3) is 11.3 Å². The van der Waals surface area contributed by atoms with E-state index in [0.29, 0.717) is 39.3 Å². The lowest BCUT2D eigenvalue weighted by Gasteiger charge is -2.09. The molecule has 0 fully saturated rings. The Hall–Kier alpha value is -3.17. The smallest absolute Gasteiger partial charge is 0.270 e. The third-order valence-electron chi connectivity index (χ3n) is 4.06. The lowest BCUT2D eigenvalue weighted by Crippen LogP contribution is -2.00. The van der Waals surface area contributed by atoms with E-state index in [-0.39, 0.29) is 12.3 Å². The first kappa shape index (κ1) is 19.6. The highest BCUT2D eigenvalue weighted by molar-refractivity contribution is 7.16. The zero-order valence-electron chi connectivity index (χ0n) is 15.3. The van der Waals surface area contributed by atoms with Gasteiger partial charge in [0.25, 0.3) is 5.69 Å². The fourth-order valence-corrected chi connectivity index (χ4v) is 3.53. The Kier molecular flexibility index (Phi) is 6.07. The zero-order valence-corrected chi connectivity index (χ0v) is 16.2. The molecule has 0 radical (unpaired) electrons. The molecule has 1 aromatic heterocycles. The fraction of sp³-hybridized carbons (Fsp3) is 0.211. The van der Waals surface area contributed by atoms with Crippen molar-refractivity contribution in [2.45, 2.75) is 13.2 Å². The molecule has 146 valence electrons. The van der Waals surface area contributed by atoms with Crippen LogP contribution in [-0.4, -0.2) is 29.2 Å². The van der Waals surface area contributed by atoms with Crippen molar-refractivity contribution in [3.8, 4) is 22.8 Å². The lowest BCUT2D eigenvalue weighted by atomic mass is 10.1. The Balaban J connectivity index is 1.81. The van der Waals surface area contributed by atoms with Gasteiger partial charge in [-0.25, -0.2) is 4.98 Å². The van der Waals surface area contributed by atoms with Gasteiger partial charge in [0, 0.05) is 24.2 Å². The Labute approximate surface area is 165 Å². The maximum Gasteiger partial charge on any atom is 0.270 e. The number of thiazole rings is 1. The second-order valence-electron chi connectivity index (χ2n) is 5.80. The van der Waals surface area contributed by atoms with Crippen LogP contribution >= 0.6 is 11.3 Å². The average Bonchev–Trinajstić information content (AvgIpc) is 3.15. The molecule has 0 spiro atoms. The first-order chi connectivity index (χ1) is 13.5. The van der Waals surface area contributed by atoms with E-state index < -0.39 is 4.92 Å². The SMILES string of the molecule is COc1ccc(CNc2nc(-c3cccc([N+](=O)[O-])c3)c(CO)s2)cc1OC. The molecule has 3 aromatic rings. The molecule has 3 rings (SSSR count). The molecule has 0 aliphatic rings. The highest BCUT2D eigenvalue weighted by Crippen LogP contribution is 2.33. The van der Waals surface area contributed by atoms with Gasteiger partial charge in [-0.3, -0.25) is 10.1 Å². The molecule has 0 amide bonds.